The summed E-state index contributed by atoms with van der Waals surface area (Å²) in [5.41, 5.74) is 6.61. The molecule has 2 rings (SSSR count). The van der Waals surface area contributed by atoms with E-state index in [2.05, 4.69) is 11.9 Å². The van der Waals surface area contributed by atoms with Crippen LogP contribution in [0.5, 0.6) is 5.88 Å². The number of nitrogens with zero attached hydrogens (tertiary/aromatic N) is 1. The number of nitrogen functional groups attached to an aromatic ring is 1. The van der Waals surface area contributed by atoms with Gasteiger partial charge in [-0.2, -0.15) is 0 Å². The number of esters is 1. The molecule has 5 nitrogen and oxygen atoms in total. The van der Waals surface area contributed by atoms with Crippen LogP contribution >= 0.6 is 0 Å². The predicted octanol–water partition coefficient (Wildman–Crippen LogP) is 3.19. The standard InChI is InChI=1S/C16H24N2O3/c1-3-11-6-5-7-12(10-11)21-15-14(17)13(8-9-18-15)16(19)20-4-2/h8-9,11-12H,3-7,10,17H2,1-2H3. The number of hydrogen-bond acceptors (Lipinski definition) is 5. The lowest BCUT2D eigenvalue weighted by Gasteiger charge is -2.28. The van der Waals surface area contributed by atoms with Crippen molar-refractivity contribution in [2.75, 3.05) is 12.3 Å². The summed E-state index contributed by atoms with van der Waals surface area (Å²) in [6, 6.07) is 1.57. The molecule has 0 aromatic carbocycles. The molecule has 0 radical (unpaired) electrons. The number of carbonyl (C=O) groups is 1. The molecule has 1 aliphatic rings. The monoisotopic (exact) mass is 292 g/mol. The molecule has 2 unspecified atom stereocenters. The molecule has 1 aromatic heterocycles. The molecule has 0 aliphatic heterocycles. The second-order valence-electron chi connectivity index (χ2n) is 5.48. The Hall–Kier alpha value is -1.78. The van der Waals surface area contributed by atoms with E-state index in [1.807, 2.05) is 0 Å². The van der Waals surface area contributed by atoms with E-state index in [0.29, 0.717) is 24.0 Å². The Morgan fingerprint density at radius 2 is 2.24 bits per heavy atom. The van der Waals surface area contributed by atoms with Gasteiger partial charge < -0.3 is 15.2 Å². The molecule has 116 valence electrons. The lowest BCUT2D eigenvalue weighted by Crippen LogP contribution is -2.26. The number of rotatable bonds is 5. The molecule has 0 spiro atoms. The van der Waals surface area contributed by atoms with Gasteiger partial charge in [-0.15, -0.1) is 0 Å². The van der Waals surface area contributed by atoms with Gasteiger partial charge in [-0.25, -0.2) is 9.78 Å². The van der Waals surface area contributed by atoms with Crippen molar-refractivity contribution in [3.8, 4) is 5.88 Å². The van der Waals surface area contributed by atoms with Crippen LogP contribution in [0.2, 0.25) is 0 Å². The fraction of sp³-hybridized carbons (Fsp3) is 0.625. The van der Waals surface area contributed by atoms with E-state index in [1.54, 1.807) is 13.0 Å². The molecule has 1 heterocycles. The van der Waals surface area contributed by atoms with Crippen LogP contribution in [0.15, 0.2) is 12.3 Å². The summed E-state index contributed by atoms with van der Waals surface area (Å²) in [4.78, 5) is 16.0. The molecule has 1 fully saturated rings. The van der Waals surface area contributed by atoms with Gasteiger partial charge in [0.1, 0.15) is 11.8 Å². The highest BCUT2D eigenvalue weighted by Gasteiger charge is 2.24. The van der Waals surface area contributed by atoms with E-state index in [-0.39, 0.29) is 11.8 Å². The van der Waals surface area contributed by atoms with E-state index in [0.717, 1.165) is 12.8 Å². The number of carbonyl (C=O) groups excluding carboxylic acids is 1. The highest BCUT2D eigenvalue weighted by atomic mass is 16.5. The van der Waals surface area contributed by atoms with Crippen molar-refractivity contribution < 1.29 is 14.3 Å². The lowest BCUT2D eigenvalue weighted by atomic mass is 9.85. The average molecular weight is 292 g/mol. The van der Waals surface area contributed by atoms with Crippen molar-refractivity contribution in [1.82, 2.24) is 4.98 Å². The topological polar surface area (TPSA) is 74.4 Å². The minimum absolute atomic E-state index is 0.135. The lowest BCUT2D eigenvalue weighted by molar-refractivity contribution is 0.0526. The first-order valence-electron chi connectivity index (χ1n) is 7.73. The van der Waals surface area contributed by atoms with Crippen molar-refractivity contribution in [1.29, 1.82) is 0 Å². The predicted molar refractivity (Wildman–Crippen MR) is 81.3 cm³/mol. The first kappa shape index (κ1) is 15.6. The Balaban J connectivity index is 2.09. The van der Waals surface area contributed by atoms with Crippen molar-refractivity contribution in [2.45, 2.75) is 52.1 Å². The number of pyridine rings is 1. The van der Waals surface area contributed by atoms with Crippen molar-refractivity contribution >= 4 is 11.7 Å². The number of nitrogens with two attached hydrogens (primary N) is 1. The van der Waals surface area contributed by atoms with E-state index in [9.17, 15) is 4.79 Å². The molecular weight excluding hydrogens is 268 g/mol. The summed E-state index contributed by atoms with van der Waals surface area (Å²) in [7, 11) is 0. The van der Waals surface area contributed by atoms with Gasteiger partial charge in [0.05, 0.1) is 12.2 Å². The summed E-state index contributed by atoms with van der Waals surface area (Å²) in [5.74, 6) is 0.623. The molecule has 1 aromatic rings. The van der Waals surface area contributed by atoms with E-state index in [4.69, 9.17) is 15.2 Å². The minimum Gasteiger partial charge on any atom is -0.473 e. The summed E-state index contributed by atoms with van der Waals surface area (Å²) < 4.78 is 10.9. The van der Waals surface area contributed by atoms with Gasteiger partial charge in [-0.3, -0.25) is 0 Å². The number of aromatic nitrogens is 1. The van der Waals surface area contributed by atoms with Gasteiger partial charge in [-0.1, -0.05) is 19.8 Å². The fourth-order valence-corrected chi connectivity index (χ4v) is 2.81. The van der Waals surface area contributed by atoms with Crippen LogP contribution in [0.1, 0.15) is 56.3 Å². The molecule has 5 heteroatoms. The molecule has 0 saturated heterocycles. The van der Waals surface area contributed by atoms with E-state index >= 15 is 0 Å². The van der Waals surface area contributed by atoms with Gasteiger partial charge in [0.25, 0.3) is 0 Å². The Morgan fingerprint density at radius 3 is 2.95 bits per heavy atom. The van der Waals surface area contributed by atoms with Crippen LogP contribution in [-0.2, 0) is 4.74 Å². The molecule has 2 atom stereocenters. The van der Waals surface area contributed by atoms with Gasteiger partial charge in [0.15, 0.2) is 0 Å². The summed E-state index contributed by atoms with van der Waals surface area (Å²) >= 11 is 0. The third kappa shape index (κ3) is 3.86. The summed E-state index contributed by atoms with van der Waals surface area (Å²) in [5, 5.41) is 0. The third-order valence-corrected chi connectivity index (χ3v) is 4.04. The van der Waals surface area contributed by atoms with Gasteiger partial charge in [0, 0.05) is 6.20 Å². The Bertz CT molecular complexity index is 490. The first-order chi connectivity index (χ1) is 10.2. The molecule has 0 bridgehead atoms. The van der Waals surface area contributed by atoms with Crippen LogP contribution in [-0.4, -0.2) is 23.7 Å². The van der Waals surface area contributed by atoms with Crippen molar-refractivity contribution in [3.05, 3.63) is 17.8 Å². The fourth-order valence-electron chi connectivity index (χ4n) is 2.81. The minimum atomic E-state index is -0.433. The summed E-state index contributed by atoms with van der Waals surface area (Å²) in [6.07, 6.45) is 7.32. The maximum atomic E-state index is 11.8. The van der Waals surface area contributed by atoms with Crippen LogP contribution < -0.4 is 10.5 Å². The summed E-state index contributed by atoms with van der Waals surface area (Å²) in [6.45, 7) is 4.29. The second kappa shape index (κ2) is 7.29. The highest BCUT2D eigenvalue weighted by molar-refractivity contribution is 5.96. The first-order valence-corrected chi connectivity index (χ1v) is 7.73. The maximum Gasteiger partial charge on any atom is 0.340 e. The van der Waals surface area contributed by atoms with Crippen LogP contribution in [0.3, 0.4) is 0 Å². The normalized spacial score (nSPS) is 21.8. The number of ether oxygens (including phenoxy) is 2. The van der Waals surface area contributed by atoms with Crippen LogP contribution in [0.25, 0.3) is 0 Å². The second-order valence-corrected chi connectivity index (χ2v) is 5.48. The van der Waals surface area contributed by atoms with Gasteiger partial charge in [-0.05, 0) is 38.2 Å². The molecule has 1 saturated carbocycles. The molecule has 0 amide bonds. The zero-order valence-corrected chi connectivity index (χ0v) is 12.8. The molecule has 21 heavy (non-hydrogen) atoms. The Labute approximate surface area is 125 Å². The van der Waals surface area contributed by atoms with E-state index in [1.165, 1.54) is 25.5 Å². The third-order valence-electron chi connectivity index (χ3n) is 4.04. The quantitative estimate of drug-likeness (QED) is 0.844. The number of anilines is 1. The van der Waals surface area contributed by atoms with Crippen molar-refractivity contribution in [3.63, 3.8) is 0 Å². The zero-order valence-electron chi connectivity index (χ0n) is 12.8. The Kier molecular flexibility index (Phi) is 5.42. The largest absolute Gasteiger partial charge is 0.473 e. The SMILES string of the molecule is CCOC(=O)c1ccnc(OC2CCCC(CC)C2)c1N. The Morgan fingerprint density at radius 1 is 1.43 bits per heavy atom. The average Bonchev–Trinajstić information content (AvgIpc) is 2.50. The molecular formula is C16H24N2O3. The van der Waals surface area contributed by atoms with Crippen LogP contribution in [0, 0.1) is 5.92 Å². The van der Waals surface area contributed by atoms with Gasteiger partial charge in [0.2, 0.25) is 5.88 Å². The maximum absolute atomic E-state index is 11.8. The smallest absolute Gasteiger partial charge is 0.340 e. The highest BCUT2D eigenvalue weighted by Crippen LogP contribution is 2.31. The van der Waals surface area contributed by atoms with E-state index < -0.39 is 5.97 Å². The molecule has 2 N–H and O–H groups in total. The van der Waals surface area contributed by atoms with Crippen LogP contribution in [0.4, 0.5) is 5.69 Å². The number of hydrogen-bond donors (Lipinski definition) is 1. The van der Waals surface area contributed by atoms with Crippen molar-refractivity contribution in [2.24, 2.45) is 5.92 Å². The zero-order chi connectivity index (χ0) is 15.2. The van der Waals surface area contributed by atoms with Gasteiger partial charge >= 0.3 is 5.97 Å². The molecule has 1 aliphatic carbocycles.